The summed E-state index contributed by atoms with van der Waals surface area (Å²) in [6, 6.07) is 1.90. The highest BCUT2D eigenvalue weighted by Crippen LogP contribution is 2.34. The van der Waals surface area contributed by atoms with Gasteiger partial charge in [0, 0.05) is 12.0 Å². The lowest BCUT2D eigenvalue weighted by Crippen LogP contribution is -2.39. The fraction of sp³-hybridized carbons (Fsp3) is 0.692. The van der Waals surface area contributed by atoms with Crippen molar-refractivity contribution in [3.8, 4) is 0 Å². The number of likely N-dealkylation sites (tertiary alicyclic amines) is 1. The van der Waals surface area contributed by atoms with Crippen LogP contribution in [-0.2, 0) is 11.4 Å². The van der Waals surface area contributed by atoms with Crippen LogP contribution in [0.25, 0.3) is 0 Å². The van der Waals surface area contributed by atoms with Gasteiger partial charge in [-0.1, -0.05) is 20.8 Å². The molecule has 5 heteroatoms. The highest BCUT2D eigenvalue weighted by molar-refractivity contribution is 5.82. The number of hydrogen-bond donors (Lipinski definition) is 2. The predicted octanol–water partition coefficient (Wildman–Crippen LogP) is 1.61. The van der Waals surface area contributed by atoms with Gasteiger partial charge in [-0.15, -0.1) is 0 Å². The van der Waals surface area contributed by atoms with Crippen molar-refractivity contribution >= 4 is 5.91 Å². The van der Waals surface area contributed by atoms with Gasteiger partial charge in [0.15, 0.2) is 0 Å². The molecule has 5 nitrogen and oxygen atoms in total. The van der Waals surface area contributed by atoms with Gasteiger partial charge in [-0.3, -0.25) is 9.89 Å². The van der Waals surface area contributed by atoms with Gasteiger partial charge in [-0.05, 0) is 18.9 Å². The standard InChI is InChI=1S/C13H21N3O2/c1-13(2,3)12(18)16-6-4-5-11(16)10-7-9(8-17)14-15-10/h7,11,17H,4-6,8H2,1-3H3,(H,14,15). The molecule has 1 aliphatic rings. The topological polar surface area (TPSA) is 69.2 Å². The fourth-order valence-electron chi connectivity index (χ4n) is 2.38. The highest BCUT2D eigenvalue weighted by Gasteiger charge is 2.36. The molecular weight excluding hydrogens is 230 g/mol. The van der Waals surface area contributed by atoms with Gasteiger partial charge in [0.05, 0.1) is 24.0 Å². The molecule has 2 rings (SSSR count). The number of rotatable bonds is 2. The number of H-pyrrole nitrogens is 1. The maximum Gasteiger partial charge on any atom is 0.228 e. The summed E-state index contributed by atoms with van der Waals surface area (Å²) in [6.45, 7) is 6.56. The number of amides is 1. The average molecular weight is 251 g/mol. The molecule has 1 aromatic rings. The lowest BCUT2D eigenvalue weighted by atomic mass is 9.94. The third-order valence-electron chi connectivity index (χ3n) is 3.32. The van der Waals surface area contributed by atoms with Gasteiger partial charge >= 0.3 is 0 Å². The number of aromatic amines is 1. The molecule has 1 aliphatic heterocycles. The van der Waals surface area contributed by atoms with Gasteiger partial charge in [-0.2, -0.15) is 5.10 Å². The van der Waals surface area contributed by atoms with Crippen molar-refractivity contribution in [1.29, 1.82) is 0 Å². The Morgan fingerprint density at radius 3 is 2.89 bits per heavy atom. The zero-order chi connectivity index (χ0) is 13.3. The molecule has 2 heterocycles. The summed E-state index contributed by atoms with van der Waals surface area (Å²) in [4.78, 5) is 14.3. The number of carbonyl (C=O) groups excluding carboxylic acids is 1. The molecule has 1 saturated heterocycles. The maximum atomic E-state index is 12.4. The third-order valence-corrected chi connectivity index (χ3v) is 3.32. The largest absolute Gasteiger partial charge is 0.390 e. The first kappa shape index (κ1) is 13.1. The van der Waals surface area contributed by atoms with E-state index < -0.39 is 0 Å². The normalized spacial score (nSPS) is 20.4. The second-order valence-corrected chi connectivity index (χ2v) is 5.88. The Balaban J connectivity index is 2.20. The molecule has 0 saturated carbocycles. The summed E-state index contributed by atoms with van der Waals surface area (Å²) in [5, 5.41) is 16.0. The van der Waals surface area contributed by atoms with E-state index in [9.17, 15) is 4.79 Å². The summed E-state index contributed by atoms with van der Waals surface area (Å²) in [5.41, 5.74) is 1.19. The molecule has 100 valence electrons. The molecule has 2 N–H and O–H groups in total. The molecule has 0 radical (unpaired) electrons. The number of hydrogen-bond acceptors (Lipinski definition) is 3. The monoisotopic (exact) mass is 251 g/mol. The molecule has 1 aromatic heterocycles. The number of nitrogens with one attached hydrogen (secondary N) is 1. The lowest BCUT2D eigenvalue weighted by molar-refractivity contribution is -0.140. The Bertz CT molecular complexity index is 434. The van der Waals surface area contributed by atoms with E-state index in [0.717, 1.165) is 25.1 Å². The van der Waals surface area contributed by atoms with Crippen LogP contribution in [0.2, 0.25) is 0 Å². The smallest absolute Gasteiger partial charge is 0.228 e. The molecule has 1 fully saturated rings. The van der Waals surface area contributed by atoms with Crippen LogP contribution in [0, 0.1) is 5.41 Å². The quantitative estimate of drug-likeness (QED) is 0.839. The molecule has 1 atom stereocenters. The molecule has 0 bridgehead atoms. The van der Waals surface area contributed by atoms with Crippen LogP contribution in [-0.4, -0.2) is 32.7 Å². The summed E-state index contributed by atoms with van der Waals surface area (Å²) < 4.78 is 0. The lowest BCUT2D eigenvalue weighted by Gasteiger charge is -2.30. The van der Waals surface area contributed by atoms with Crippen LogP contribution >= 0.6 is 0 Å². The minimum absolute atomic E-state index is 0.0487. The van der Waals surface area contributed by atoms with Crippen molar-refractivity contribution in [1.82, 2.24) is 15.1 Å². The Morgan fingerprint density at radius 1 is 1.61 bits per heavy atom. The minimum atomic E-state index is -0.362. The van der Waals surface area contributed by atoms with Crippen molar-refractivity contribution < 1.29 is 9.90 Å². The molecule has 1 amide bonds. The van der Waals surface area contributed by atoms with Gasteiger partial charge in [0.25, 0.3) is 0 Å². The van der Waals surface area contributed by atoms with E-state index in [4.69, 9.17) is 5.11 Å². The number of carbonyl (C=O) groups is 1. The highest BCUT2D eigenvalue weighted by atomic mass is 16.3. The van der Waals surface area contributed by atoms with Crippen LogP contribution in [0.5, 0.6) is 0 Å². The first-order valence-corrected chi connectivity index (χ1v) is 6.39. The number of aliphatic hydroxyl groups is 1. The summed E-state index contributed by atoms with van der Waals surface area (Å²) in [5.74, 6) is 0.165. The van der Waals surface area contributed by atoms with E-state index in [0.29, 0.717) is 5.69 Å². The number of nitrogens with zero attached hydrogens (tertiary/aromatic N) is 2. The summed E-state index contributed by atoms with van der Waals surface area (Å²) >= 11 is 0. The zero-order valence-electron chi connectivity index (χ0n) is 11.2. The van der Waals surface area contributed by atoms with Crippen molar-refractivity contribution in [2.75, 3.05) is 6.54 Å². The van der Waals surface area contributed by atoms with Crippen LogP contribution in [0.1, 0.15) is 51.0 Å². The van der Waals surface area contributed by atoms with E-state index >= 15 is 0 Å². The molecule has 0 spiro atoms. The first-order valence-electron chi connectivity index (χ1n) is 6.39. The van der Waals surface area contributed by atoms with Crippen molar-refractivity contribution in [3.63, 3.8) is 0 Å². The maximum absolute atomic E-state index is 12.4. The molecule has 0 aliphatic carbocycles. The van der Waals surface area contributed by atoms with Crippen molar-refractivity contribution in [2.45, 2.75) is 46.3 Å². The van der Waals surface area contributed by atoms with Crippen LogP contribution in [0.4, 0.5) is 0 Å². The van der Waals surface area contributed by atoms with Crippen LogP contribution < -0.4 is 0 Å². The van der Waals surface area contributed by atoms with E-state index in [2.05, 4.69) is 10.2 Å². The van der Waals surface area contributed by atoms with Gasteiger partial charge in [0.2, 0.25) is 5.91 Å². The summed E-state index contributed by atoms with van der Waals surface area (Å²) in [6.07, 6.45) is 1.95. The van der Waals surface area contributed by atoms with E-state index in [1.807, 2.05) is 31.7 Å². The Labute approximate surface area is 107 Å². The van der Waals surface area contributed by atoms with Gasteiger partial charge < -0.3 is 10.0 Å². The Hall–Kier alpha value is -1.36. The number of aliphatic hydroxyl groups excluding tert-OH is 1. The second kappa shape index (κ2) is 4.72. The third kappa shape index (κ3) is 2.41. The fourth-order valence-corrected chi connectivity index (χ4v) is 2.38. The molecule has 1 unspecified atom stereocenters. The average Bonchev–Trinajstić information content (AvgIpc) is 2.94. The van der Waals surface area contributed by atoms with E-state index in [1.54, 1.807) is 0 Å². The predicted molar refractivity (Wildman–Crippen MR) is 67.7 cm³/mol. The SMILES string of the molecule is CC(C)(C)C(=O)N1CCCC1c1cc(CO)[nH]n1. The molecule has 0 aromatic carbocycles. The molecular formula is C13H21N3O2. The number of aromatic nitrogens is 2. The van der Waals surface area contributed by atoms with E-state index in [-0.39, 0.29) is 24.0 Å². The van der Waals surface area contributed by atoms with Crippen LogP contribution in [0.15, 0.2) is 6.07 Å². The second-order valence-electron chi connectivity index (χ2n) is 5.88. The zero-order valence-corrected chi connectivity index (χ0v) is 11.2. The molecule has 18 heavy (non-hydrogen) atoms. The minimum Gasteiger partial charge on any atom is -0.390 e. The van der Waals surface area contributed by atoms with Crippen molar-refractivity contribution in [2.24, 2.45) is 5.41 Å². The van der Waals surface area contributed by atoms with E-state index in [1.165, 1.54) is 0 Å². The Kier molecular flexibility index (Phi) is 3.43. The Morgan fingerprint density at radius 2 is 2.33 bits per heavy atom. The van der Waals surface area contributed by atoms with Crippen LogP contribution in [0.3, 0.4) is 0 Å². The summed E-state index contributed by atoms with van der Waals surface area (Å²) in [7, 11) is 0. The van der Waals surface area contributed by atoms with Crippen molar-refractivity contribution in [3.05, 3.63) is 17.5 Å². The van der Waals surface area contributed by atoms with Gasteiger partial charge in [-0.25, -0.2) is 0 Å². The van der Waals surface area contributed by atoms with Gasteiger partial charge in [0.1, 0.15) is 0 Å². The first-order chi connectivity index (χ1) is 8.43.